The van der Waals surface area contributed by atoms with Crippen LogP contribution in [0, 0.1) is 5.92 Å². The molecule has 1 amide bonds. The van der Waals surface area contributed by atoms with E-state index in [1.807, 2.05) is 0 Å². The monoisotopic (exact) mass is 271 g/mol. The minimum absolute atomic E-state index is 0.00780. The topological polar surface area (TPSA) is 77.2 Å². The van der Waals surface area contributed by atoms with E-state index < -0.39 is 11.7 Å². The van der Waals surface area contributed by atoms with Gasteiger partial charge in [0, 0.05) is 0 Å². The number of methoxy groups -OCH3 is 1. The normalized spacial score (nSPS) is 33.1. The van der Waals surface area contributed by atoms with Gasteiger partial charge in [0.15, 0.2) is 0 Å². The van der Waals surface area contributed by atoms with Crippen molar-refractivity contribution in [2.45, 2.75) is 57.5 Å². The lowest BCUT2D eigenvalue weighted by molar-refractivity contribution is -0.146. The number of carbonyl (C=O) groups excluding carboxylic acids is 2. The van der Waals surface area contributed by atoms with Crippen LogP contribution < -0.4 is 5.32 Å². The zero-order valence-corrected chi connectivity index (χ0v) is 11.8. The zero-order chi connectivity index (χ0) is 14.2. The number of amides is 1. The van der Waals surface area contributed by atoms with Crippen molar-refractivity contribution in [1.29, 1.82) is 0 Å². The molecule has 1 aliphatic carbocycles. The molecule has 1 saturated heterocycles. The van der Waals surface area contributed by atoms with Crippen molar-refractivity contribution >= 4 is 12.1 Å². The van der Waals surface area contributed by atoms with Crippen molar-refractivity contribution in [2.75, 3.05) is 7.11 Å². The molecular formula is C13H21NO5. The van der Waals surface area contributed by atoms with E-state index >= 15 is 0 Å². The van der Waals surface area contributed by atoms with Gasteiger partial charge in [0.25, 0.3) is 0 Å². The summed E-state index contributed by atoms with van der Waals surface area (Å²) in [6.45, 7) is 5.42. The molecule has 19 heavy (non-hydrogen) atoms. The van der Waals surface area contributed by atoms with E-state index in [0.717, 1.165) is 0 Å². The summed E-state index contributed by atoms with van der Waals surface area (Å²) in [6, 6.07) is -0.183. The maximum absolute atomic E-state index is 11.7. The van der Waals surface area contributed by atoms with E-state index in [9.17, 15) is 9.59 Å². The third-order valence-electron chi connectivity index (χ3n) is 3.31. The summed E-state index contributed by atoms with van der Waals surface area (Å²) in [5, 5.41) is 2.78. The van der Waals surface area contributed by atoms with Crippen molar-refractivity contribution in [3.63, 3.8) is 0 Å². The van der Waals surface area contributed by atoms with E-state index in [1.165, 1.54) is 7.11 Å². The predicted octanol–water partition coefficient (Wildman–Crippen LogP) is 1.23. The number of fused-ring (bicyclic) bond motifs is 1. The molecule has 1 heterocycles. The number of ether oxygens (including phenoxy) is 3. The third-order valence-corrected chi connectivity index (χ3v) is 3.31. The molecule has 1 aliphatic heterocycles. The van der Waals surface area contributed by atoms with Crippen LogP contribution in [-0.2, 0) is 19.0 Å². The van der Waals surface area contributed by atoms with Crippen molar-refractivity contribution < 1.29 is 23.8 Å². The quantitative estimate of drug-likeness (QED) is 0.604. The molecule has 2 aliphatic rings. The lowest BCUT2D eigenvalue weighted by Gasteiger charge is -2.27. The molecule has 2 fully saturated rings. The number of hydrogen-bond acceptors (Lipinski definition) is 5. The molecular weight excluding hydrogens is 250 g/mol. The number of alkyl carbamates (subject to hydrolysis) is 1. The number of carbonyl (C=O) groups is 2. The largest absolute Gasteiger partial charge is 0.469 e. The Kier molecular flexibility index (Phi) is 3.71. The van der Waals surface area contributed by atoms with Crippen LogP contribution in [0.25, 0.3) is 0 Å². The van der Waals surface area contributed by atoms with Crippen molar-refractivity contribution in [1.82, 2.24) is 5.32 Å². The minimum Gasteiger partial charge on any atom is -0.469 e. The van der Waals surface area contributed by atoms with Gasteiger partial charge in [-0.3, -0.25) is 4.79 Å². The second-order valence-corrected chi connectivity index (χ2v) is 6.08. The number of esters is 1. The molecule has 6 heteroatoms. The summed E-state index contributed by atoms with van der Waals surface area (Å²) in [5.74, 6) is -0.460. The van der Waals surface area contributed by atoms with Crippen LogP contribution in [0.3, 0.4) is 0 Å². The Hall–Kier alpha value is -1.30. The molecule has 0 aromatic rings. The van der Waals surface area contributed by atoms with Gasteiger partial charge in [0.2, 0.25) is 0 Å². The van der Waals surface area contributed by atoms with E-state index in [4.69, 9.17) is 14.2 Å². The van der Waals surface area contributed by atoms with Gasteiger partial charge in [-0.15, -0.1) is 0 Å². The Morgan fingerprint density at radius 1 is 1.26 bits per heavy atom. The van der Waals surface area contributed by atoms with E-state index in [1.54, 1.807) is 20.8 Å². The lowest BCUT2D eigenvalue weighted by Crippen LogP contribution is -2.46. The number of epoxide rings is 1. The fourth-order valence-electron chi connectivity index (χ4n) is 2.48. The second-order valence-electron chi connectivity index (χ2n) is 6.08. The lowest BCUT2D eigenvalue weighted by atomic mass is 9.86. The Bertz CT molecular complexity index is 376. The van der Waals surface area contributed by atoms with Crippen LogP contribution in [0.2, 0.25) is 0 Å². The van der Waals surface area contributed by atoms with Crippen LogP contribution in [0.15, 0.2) is 0 Å². The van der Waals surface area contributed by atoms with Gasteiger partial charge in [-0.05, 0) is 33.6 Å². The summed E-state index contributed by atoms with van der Waals surface area (Å²) in [4.78, 5) is 23.3. The molecule has 0 radical (unpaired) electrons. The summed E-state index contributed by atoms with van der Waals surface area (Å²) in [5.41, 5.74) is -0.537. The Balaban J connectivity index is 1.90. The van der Waals surface area contributed by atoms with E-state index in [-0.39, 0.29) is 30.1 Å². The van der Waals surface area contributed by atoms with E-state index in [0.29, 0.717) is 12.8 Å². The average molecular weight is 271 g/mol. The fourth-order valence-corrected chi connectivity index (χ4v) is 2.48. The van der Waals surface area contributed by atoms with Gasteiger partial charge in [-0.2, -0.15) is 0 Å². The zero-order valence-electron chi connectivity index (χ0n) is 11.8. The smallest absolute Gasteiger partial charge is 0.407 e. The van der Waals surface area contributed by atoms with Crippen LogP contribution in [0.5, 0.6) is 0 Å². The highest BCUT2D eigenvalue weighted by molar-refractivity contribution is 5.73. The summed E-state index contributed by atoms with van der Waals surface area (Å²) in [6.07, 6.45) is 0.792. The van der Waals surface area contributed by atoms with Crippen LogP contribution >= 0.6 is 0 Å². The molecule has 1 N–H and O–H groups in total. The van der Waals surface area contributed by atoms with Gasteiger partial charge in [-0.25, -0.2) is 4.79 Å². The predicted molar refractivity (Wildman–Crippen MR) is 66.6 cm³/mol. The Labute approximate surface area is 112 Å². The molecule has 2 rings (SSSR count). The highest BCUT2D eigenvalue weighted by atomic mass is 16.6. The SMILES string of the molecule is COC(=O)[C@@H]1CC2OC2[C@@H](NC(=O)OC(C)(C)C)C1. The fraction of sp³-hybridized carbons (Fsp3) is 0.846. The molecule has 4 atom stereocenters. The number of rotatable bonds is 2. The number of nitrogens with one attached hydrogen (secondary N) is 1. The standard InChI is InChI=1S/C13H21NO5/c1-13(2,3)19-12(16)14-8-5-7(11(15)17-4)6-9-10(8)18-9/h7-10H,5-6H2,1-4H3,(H,14,16)/t7-,8-,9?,10?/m0/s1. The Morgan fingerprint density at radius 3 is 2.53 bits per heavy atom. The van der Waals surface area contributed by atoms with Crippen LogP contribution in [0.4, 0.5) is 4.79 Å². The maximum atomic E-state index is 11.7. The van der Waals surface area contributed by atoms with Crippen LogP contribution in [-0.4, -0.2) is 43.0 Å². The molecule has 6 nitrogen and oxygen atoms in total. The van der Waals surface area contributed by atoms with Crippen molar-refractivity contribution in [3.8, 4) is 0 Å². The minimum atomic E-state index is -0.537. The molecule has 2 unspecified atom stereocenters. The average Bonchev–Trinajstić information content (AvgIpc) is 3.04. The summed E-state index contributed by atoms with van der Waals surface area (Å²) < 4.78 is 15.4. The first-order chi connectivity index (χ1) is 8.80. The molecule has 0 bridgehead atoms. The number of hydrogen-bond donors (Lipinski definition) is 1. The van der Waals surface area contributed by atoms with Gasteiger partial charge in [0.05, 0.1) is 25.2 Å². The van der Waals surface area contributed by atoms with Gasteiger partial charge in [-0.1, -0.05) is 0 Å². The van der Waals surface area contributed by atoms with Gasteiger partial charge >= 0.3 is 12.1 Å². The molecule has 108 valence electrons. The molecule has 1 saturated carbocycles. The van der Waals surface area contributed by atoms with Crippen LogP contribution in [0.1, 0.15) is 33.6 Å². The first kappa shape index (κ1) is 14.1. The second kappa shape index (κ2) is 5.00. The summed E-state index contributed by atoms with van der Waals surface area (Å²) in [7, 11) is 1.37. The van der Waals surface area contributed by atoms with Gasteiger partial charge < -0.3 is 19.5 Å². The van der Waals surface area contributed by atoms with E-state index in [2.05, 4.69) is 5.32 Å². The highest BCUT2D eigenvalue weighted by Gasteiger charge is 2.52. The maximum Gasteiger partial charge on any atom is 0.407 e. The van der Waals surface area contributed by atoms with Crippen molar-refractivity contribution in [2.24, 2.45) is 5.92 Å². The summed E-state index contributed by atoms with van der Waals surface area (Å²) >= 11 is 0. The first-order valence-corrected chi connectivity index (χ1v) is 6.53. The first-order valence-electron chi connectivity index (χ1n) is 6.53. The van der Waals surface area contributed by atoms with Crippen molar-refractivity contribution in [3.05, 3.63) is 0 Å². The third kappa shape index (κ3) is 3.59. The highest BCUT2D eigenvalue weighted by Crippen LogP contribution is 2.40. The molecule has 0 aromatic heterocycles. The molecule has 0 spiro atoms. The van der Waals surface area contributed by atoms with Gasteiger partial charge in [0.1, 0.15) is 11.7 Å². The molecule has 0 aromatic carbocycles. The Morgan fingerprint density at radius 2 is 1.95 bits per heavy atom.